The lowest BCUT2D eigenvalue weighted by Crippen LogP contribution is -1.84. The molecule has 0 amide bonds. The van der Waals surface area contributed by atoms with Crippen molar-refractivity contribution < 1.29 is 0 Å². The monoisotopic (exact) mass is 305 g/mol. The maximum atomic E-state index is 8.54. The Morgan fingerprint density at radius 3 is 1.78 bits per heavy atom. The smallest absolute Gasteiger partial charge is 0.192 e. The summed E-state index contributed by atoms with van der Waals surface area (Å²) >= 11 is 0. The lowest BCUT2D eigenvalue weighted by Gasteiger charge is -1.99. The summed E-state index contributed by atoms with van der Waals surface area (Å²) in [5.41, 5.74) is 6.47. The van der Waals surface area contributed by atoms with Gasteiger partial charge in [-0.15, -0.1) is 10.2 Å². The number of rotatable bonds is 1. The molecule has 3 aromatic rings. The molecular formula is C18H19N5. The molecule has 0 saturated carbocycles. The van der Waals surface area contributed by atoms with E-state index in [2.05, 4.69) is 52.7 Å². The maximum Gasteiger partial charge on any atom is 0.204 e. The van der Waals surface area contributed by atoms with E-state index in [0.717, 1.165) is 22.3 Å². The van der Waals surface area contributed by atoms with E-state index >= 15 is 0 Å². The second-order valence-electron chi connectivity index (χ2n) is 5.60. The molecule has 0 aliphatic carbocycles. The molecule has 0 fully saturated rings. The van der Waals surface area contributed by atoms with Gasteiger partial charge in [-0.2, -0.15) is 10.5 Å². The molecule has 0 radical (unpaired) electrons. The summed E-state index contributed by atoms with van der Waals surface area (Å²) in [5.74, 6) is 0.645. The first-order valence-corrected chi connectivity index (χ1v) is 7.28. The van der Waals surface area contributed by atoms with E-state index in [0.29, 0.717) is 5.82 Å². The summed E-state index contributed by atoms with van der Waals surface area (Å²) in [4.78, 5) is 0. The molecule has 0 unspecified atom stereocenters. The fourth-order valence-corrected chi connectivity index (χ4v) is 2.43. The number of hydrogen-bond donors (Lipinski definition) is 1. The SMILES string of the molecule is Cc1cc(C)cc(-c2nn[nH]n2)c1.Cc1cc(C)cc(C#N)c1. The number of aromatic amines is 1. The lowest BCUT2D eigenvalue weighted by atomic mass is 10.1. The third kappa shape index (κ3) is 4.75. The highest BCUT2D eigenvalue weighted by Gasteiger charge is 2.02. The Morgan fingerprint density at radius 1 is 0.826 bits per heavy atom. The number of hydrogen-bond acceptors (Lipinski definition) is 4. The van der Waals surface area contributed by atoms with Crippen molar-refractivity contribution in [3.8, 4) is 17.5 Å². The van der Waals surface area contributed by atoms with Gasteiger partial charge in [0.2, 0.25) is 5.82 Å². The fourth-order valence-electron chi connectivity index (χ4n) is 2.43. The zero-order valence-electron chi connectivity index (χ0n) is 13.8. The number of benzene rings is 2. The van der Waals surface area contributed by atoms with Crippen LogP contribution in [0.5, 0.6) is 0 Å². The van der Waals surface area contributed by atoms with Crippen molar-refractivity contribution in [3.63, 3.8) is 0 Å². The second kappa shape index (κ2) is 7.32. The van der Waals surface area contributed by atoms with Crippen molar-refractivity contribution in [3.05, 3.63) is 64.2 Å². The summed E-state index contributed by atoms with van der Waals surface area (Å²) < 4.78 is 0. The Balaban J connectivity index is 0.000000174. The quantitative estimate of drug-likeness (QED) is 0.744. The van der Waals surface area contributed by atoms with Gasteiger partial charge in [-0.25, -0.2) is 0 Å². The molecule has 116 valence electrons. The highest BCUT2D eigenvalue weighted by atomic mass is 15.5. The normalized spacial score (nSPS) is 9.70. The van der Waals surface area contributed by atoms with Crippen LogP contribution in [-0.2, 0) is 0 Å². The first kappa shape index (κ1) is 16.4. The van der Waals surface area contributed by atoms with E-state index in [1.165, 1.54) is 11.1 Å². The molecule has 0 bridgehead atoms. The van der Waals surface area contributed by atoms with Gasteiger partial charge in [0.25, 0.3) is 0 Å². The minimum atomic E-state index is 0.645. The molecule has 0 saturated heterocycles. The van der Waals surface area contributed by atoms with Gasteiger partial charge in [0.1, 0.15) is 0 Å². The van der Waals surface area contributed by atoms with E-state index in [4.69, 9.17) is 5.26 Å². The Labute approximate surface area is 136 Å². The van der Waals surface area contributed by atoms with Crippen molar-refractivity contribution in [2.45, 2.75) is 27.7 Å². The largest absolute Gasteiger partial charge is 0.204 e. The summed E-state index contributed by atoms with van der Waals surface area (Å²) in [5, 5.41) is 22.3. The van der Waals surface area contributed by atoms with Crippen LogP contribution < -0.4 is 0 Å². The first-order valence-electron chi connectivity index (χ1n) is 7.28. The van der Waals surface area contributed by atoms with Crippen molar-refractivity contribution in [2.75, 3.05) is 0 Å². The number of H-pyrrole nitrogens is 1. The molecule has 0 aliphatic heterocycles. The molecule has 5 heteroatoms. The Morgan fingerprint density at radius 2 is 1.35 bits per heavy atom. The fraction of sp³-hybridized carbons (Fsp3) is 0.222. The number of aromatic nitrogens is 4. The van der Waals surface area contributed by atoms with Gasteiger partial charge >= 0.3 is 0 Å². The molecule has 3 rings (SSSR count). The molecule has 0 atom stereocenters. The van der Waals surface area contributed by atoms with Crippen molar-refractivity contribution >= 4 is 0 Å². The minimum absolute atomic E-state index is 0.645. The number of tetrazole rings is 1. The predicted octanol–water partition coefficient (Wildman–Crippen LogP) is 3.66. The Kier molecular flexibility index (Phi) is 5.21. The van der Waals surface area contributed by atoms with Gasteiger partial charge < -0.3 is 0 Å². The maximum absolute atomic E-state index is 8.54. The minimum Gasteiger partial charge on any atom is -0.192 e. The van der Waals surface area contributed by atoms with E-state index in [1.807, 2.05) is 38.1 Å². The predicted molar refractivity (Wildman–Crippen MR) is 89.7 cm³/mol. The molecule has 1 aromatic heterocycles. The zero-order valence-corrected chi connectivity index (χ0v) is 13.8. The number of nitrogens with zero attached hydrogens (tertiary/aromatic N) is 4. The average molecular weight is 305 g/mol. The summed E-state index contributed by atoms with van der Waals surface area (Å²) in [6, 6.07) is 14.1. The van der Waals surface area contributed by atoms with Crippen molar-refractivity contribution in [2.24, 2.45) is 0 Å². The number of aryl methyl sites for hydroxylation is 4. The van der Waals surface area contributed by atoms with Gasteiger partial charge in [0.15, 0.2) is 0 Å². The van der Waals surface area contributed by atoms with E-state index in [9.17, 15) is 0 Å². The van der Waals surface area contributed by atoms with Gasteiger partial charge in [0, 0.05) is 5.56 Å². The zero-order chi connectivity index (χ0) is 16.8. The highest BCUT2D eigenvalue weighted by molar-refractivity contribution is 5.56. The summed E-state index contributed by atoms with van der Waals surface area (Å²) in [7, 11) is 0. The van der Waals surface area contributed by atoms with Gasteiger partial charge in [-0.05, 0) is 68.3 Å². The summed E-state index contributed by atoms with van der Waals surface area (Å²) in [6.45, 7) is 8.09. The van der Waals surface area contributed by atoms with Crippen LogP contribution in [0.4, 0.5) is 0 Å². The molecule has 5 nitrogen and oxygen atoms in total. The van der Waals surface area contributed by atoms with Crippen LogP contribution in [0.15, 0.2) is 36.4 Å². The van der Waals surface area contributed by atoms with E-state index < -0.39 is 0 Å². The molecule has 23 heavy (non-hydrogen) atoms. The van der Waals surface area contributed by atoms with E-state index in [-0.39, 0.29) is 0 Å². The molecule has 1 N–H and O–H groups in total. The third-order valence-corrected chi connectivity index (χ3v) is 3.18. The molecule has 1 heterocycles. The van der Waals surface area contributed by atoms with Crippen LogP contribution in [-0.4, -0.2) is 20.6 Å². The van der Waals surface area contributed by atoms with Crippen LogP contribution in [0.2, 0.25) is 0 Å². The van der Waals surface area contributed by atoms with Gasteiger partial charge in [-0.1, -0.05) is 23.3 Å². The van der Waals surface area contributed by atoms with Crippen molar-refractivity contribution in [1.29, 1.82) is 5.26 Å². The Hall–Kier alpha value is -3.00. The topological polar surface area (TPSA) is 78.2 Å². The van der Waals surface area contributed by atoms with Crippen molar-refractivity contribution in [1.82, 2.24) is 20.6 Å². The molecular weight excluding hydrogens is 286 g/mol. The van der Waals surface area contributed by atoms with Gasteiger partial charge in [0.05, 0.1) is 11.6 Å². The van der Waals surface area contributed by atoms with Crippen LogP contribution in [0.3, 0.4) is 0 Å². The number of nitriles is 1. The summed E-state index contributed by atoms with van der Waals surface area (Å²) in [6.07, 6.45) is 0. The standard InChI is InChI=1S/C9H10N4.C9H9N/c1-6-3-7(2)5-8(4-6)9-10-12-13-11-9;1-7-3-8(2)5-9(4-7)6-10/h3-5H,1-2H3,(H,10,11,12,13);3-5H,1-2H3. The highest BCUT2D eigenvalue weighted by Crippen LogP contribution is 2.16. The van der Waals surface area contributed by atoms with Crippen LogP contribution in [0.1, 0.15) is 27.8 Å². The number of nitrogens with one attached hydrogen (secondary N) is 1. The van der Waals surface area contributed by atoms with Crippen LogP contribution >= 0.6 is 0 Å². The molecule has 2 aromatic carbocycles. The molecule has 0 spiro atoms. The van der Waals surface area contributed by atoms with Crippen LogP contribution in [0, 0.1) is 39.0 Å². The second-order valence-corrected chi connectivity index (χ2v) is 5.60. The van der Waals surface area contributed by atoms with Gasteiger partial charge in [-0.3, -0.25) is 0 Å². The van der Waals surface area contributed by atoms with E-state index in [1.54, 1.807) is 0 Å². The van der Waals surface area contributed by atoms with Crippen LogP contribution in [0.25, 0.3) is 11.4 Å². The Bertz CT molecular complexity index is 789. The first-order chi connectivity index (χ1) is 11.0. The average Bonchev–Trinajstić information content (AvgIpc) is 3.00. The molecule has 0 aliphatic rings. The lowest BCUT2D eigenvalue weighted by molar-refractivity contribution is 0.881. The third-order valence-electron chi connectivity index (χ3n) is 3.18.